The van der Waals surface area contributed by atoms with Crippen molar-refractivity contribution in [3.8, 4) is 0 Å². The van der Waals surface area contributed by atoms with Gasteiger partial charge in [-0.1, -0.05) is 38.8 Å². The fourth-order valence-corrected chi connectivity index (χ4v) is 5.36. The number of hydrogen-bond donors (Lipinski definition) is 3. The van der Waals surface area contributed by atoms with Crippen LogP contribution in [-0.2, 0) is 30.3 Å². The number of nitrogens with zero attached hydrogens (tertiary/aromatic N) is 2. The number of hydrogen-bond acceptors (Lipinski definition) is 7. The largest absolute Gasteiger partial charge is 0.457 e. The summed E-state index contributed by atoms with van der Waals surface area (Å²) in [5, 5.41) is 9.06. The van der Waals surface area contributed by atoms with Gasteiger partial charge in [-0.2, -0.15) is 0 Å². The highest BCUT2D eigenvalue weighted by atomic mass is 16.5. The fraction of sp³-hybridized carbons (Fsp3) is 0.581. The Morgan fingerprint density at radius 3 is 2.44 bits per heavy atom. The lowest BCUT2D eigenvalue weighted by atomic mass is 10.0. The summed E-state index contributed by atoms with van der Waals surface area (Å²) in [6.07, 6.45) is 7.31. The SMILES string of the molecule is CC(C)C1NC(=O)CCCCCCc2cc3cc(ccc3cn2)[C@@H](C)OC(=O)[C@@H]2CCCN(N2)C(=O)[C@H](C)NC1=O. The summed E-state index contributed by atoms with van der Waals surface area (Å²) in [7, 11) is 0. The van der Waals surface area contributed by atoms with Crippen LogP contribution >= 0.6 is 0 Å². The van der Waals surface area contributed by atoms with Crippen LogP contribution in [0.4, 0.5) is 0 Å². The zero-order chi connectivity index (χ0) is 29.5. The number of amides is 3. The first kappa shape index (κ1) is 30.4. The van der Waals surface area contributed by atoms with Gasteiger partial charge in [-0.05, 0) is 75.0 Å². The second-order valence-electron chi connectivity index (χ2n) is 11.6. The molecule has 5 bridgehead atoms. The fourth-order valence-electron chi connectivity index (χ4n) is 5.36. The number of fused-ring (bicyclic) bond motifs is 4. The van der Waals surface area contributed by atoms with Crippen molar-refractivity contribution in [1.82, 2.24) is 26.1 Å². The Kier molecular flexibility index (Phi) is 10.3. The zero-order valence-electron chi connectivity index (χ0n) is 24.6. The topological polar surface area (TPSA) is 130 Å². The quantitative estimate of drug-likeness (QED) is 0.452. The highest BCUT2D eigenvalue weighted by Crippen LogP contribution is 2.24. The van der Waals surface area contributed by atoms with E-state index in [9.17, 15) is 19.2 Å². The Hall–Kier alpha value is -3.53. The summed E-state index contributed by atoms with van der Waals surface area (Å²) in [4.78, 5) is 56.6. The van der Waals surface area contributed by atoms with E-state index in [4.69, 9.17) is 4.74 Å². The van der Waals surface area contributed by atoms with Crippen LogP contribution < -0.4 is 16.1 Å². The van der Waals surface area contributed by atoms with E-state index in [1.807, 2.05) is 45.2 Å². The van der Waals surface area contributed by atoms with Crippen molar-refractivity contribution in [2.24, 2.45) is 5.92 Å². The molecule has 4 atom stereocenters. The molecule has 3 heterocycles. The molecule has 10 heteroatoms. The summed E-state index contributed by atoms with van der Waals surface area (Å²) in [6.45, 7) is 7.57. The highest BCUT2D eigenvalue weighted by Gasteiger charge is 2.33. The Labute approximate surface area is 241 Å². The van der Waals surface area contributed by atoms with Gasteiger partial charge in [0.1, 0.15) is 24.2 Å². The van der Waals surface area contributed by atoms with Gasteiger partial charge in [0, 0.05) is 30.2 Å². The Balaban J connectivity index is 1.53. The van der Waals surface area contributed by atoms with Gasteiger partial charge in [0.25, 0.3) is 5.91 Å². The number of aromatic nitrogens is 1. The third-order valence-corrected chi connectivity index (χ3v) is 7.88. The number of aryl methyl sites for hydroxylation is 1. The monoisotopic (exact) mass is 565 g/mol. The molecule has 0 saturated carbocycles. The highest BCUT2D eigenvalue weighted by molar-refractivity contribution is 5.92. The summed E-state index contributed by atoms with van der Waals surface area (Å²) in [5.74, 6) is -1.52. The number of cyclic esters (lactones) is 1. The number of benzene rings is 1. The van der Waals surface area contributed by atoms with E-state index in [0.29, 0.717) is 25.8 Å². The number of ether oxygens (including phenoxy) is 1. The van der Waals surface area contributed by atoms with E-state index < -0.39 is 36.1 Å². The maximum absolute atomic E-state index is 13.2. The Bertz CT molecular complexity index is 1260. The normalized spacial score (nSPS) is 26.0. The van der Waals surface area contributed by atoms with Crippen LogP contribution in [0.3, 0.4) is 0 Å². The average molecular weight is 566 g/mol. The van der Waals surface area contributed by atoms with Crippen molar-refractivity contribution < 1.29 is 23.9 Å². The standard InChI is InChI=1S/C31H43N5O5/c1-19(2)28-29(38)33-20(3)30(39)36-15-9-11-26(35-36)31(40)41-21(4)22-13-14-23-18-32-25(17-24(23)16-22)10-7-5-6-8-12-27(37)34-28/h13-14,16-21,26,28,35H,5-12,15H2,1-4H3,(H,33,38)(H,34,37)/t20-,21+,26-,28?/m0/s1. The maximum Gasteiger partial charge on any atom is 0.325 e. The number of carbonyl (C=O) groups is 4. The van der Waals surface area contributed by atoms with Crippen molar-refractivity contribution in [3.05, 3.63) is 41.7 Å². The number of pyridine rings is 1. The minimum Gasteiger partial charge on any atom is -0.457 e. The van der Waals surface area contributed by atoms with Crippen LogP contribution in [0, 0.1) is 5.92 Å². The van der Waals surface area contributed by atoms with E-state index in [1.54, 1.807) is 6.92 Å². The van der Waals surface area contributed by atoms with E-state index in [0.717, 1.165) is 54.1 Å². The molecule has 10 nitrogen and oxygen atoms in total. The summed E-state index contributed by atoms with van der Waals surface area (Å²) in [6, 6.07) is 5.78. The third kappa shape index (κ3) is 8.03. The molecular formula is C31H43N5O5. The van der Waals surface area contributed by atoms with Crippen LogP contribution in [0.2, 0.25) is 0 Å². The molecule has 3 amide bonds. The maximum atomic E-state index is 13.2. The first-order chi connectivity index (χ1) is 19.6. The smallest absolute Gasteiger partial charge is 0.325 e. The zero-order valence-corrected chi connectivity index (χ0v) is 24.6. The lowest BCUT2D eigenvalue weighted by Gasteiger charge is -2.35. The van der Waals surface area contributed by atoms with Gasteiger partial charge in [0.15, 0.2) is 0 Å². The van der Waals surface area contributed by atoms with Crippen LogP contribution in [0.25, 0.3) is 10.8 Å². The van der Waals surface area contributed by atoms with Crippen molar-refractivity contribution in [1.29, 1.82) is 0 Å². The molecule has 4 rings (SSSR count). The molecule has 3 N–H and O–H groups in total. The molecular weight excluding hydrogens is 522 g/mol. The second kappa shape index (κ2) is 13.9. The number of nitrogens with one attached hydrogen (secondary N) is 3. The van der Waals surface area contributed by atoms with Gasteiger partial charge in [0.2, 0.25) is 11.8 Å². The molecule has 0 aliphatic carbocycles. The average Bonchev–Trinajstić information content (AvgIpc) is 2.96. The molecule has 0 spiro atoms. The van der Waals surface area contributed by atoms with Crippen LogP contribution in [0.1, 0.15) is 90.0 Å². The van der Waals surface area contributed by atoms with E-state index in [1.165, 1.54) is 5.01 Å². The van der Waals surface area contributed by atoms with Gasteiger partial charge in [-0.15, -0.1) is 0 Å². The van der Waals surface area contributed by atoms with Gasteiger partial charge >= 0.3 is 5.97 Å². The molecule has 1 unspecified atom stereocenters. The van der Waals surface area contributed by atoms with Crippen molar-refractivity contribution in [2.75, 3.05) is 6.54 Å². The van der Waals surface area contributed by atoms with Gasteiger partial charge in [0.05, 0.1) is 0 Å². The summed E-state index contributed by atoms with van der Waals surface area (Å²) in [5.41, 5.74) is 4.89. The summed E-state index contributed by atoms with van der Waals surface area (Å²) >= 11 is 0. The molecule has 2 aliphatic rings. The molecule has 1 aromatic carbocycles. The molecule has 2 aromatic rings. The van der Waals surface area contributed by atoms with Crippen LogP contribution in [0.5, 0.6) is 0 Å². The lowest BCUT2D eigenvalue weighted by molar-refractivity contribution is -0.157. The first-order valence-corrected chi connectivity index (χ1v) is 14.9. The minimum absolute atomic E-state index is 0.154. The van der Waals surface area contributed by atoms with Crippen molar-refractivity contribution in [2.45, 2.75) is 103 Å². The van der Waals surface area contributed by atoms with Crippen LogP contribution in [-0.4, -0.2) is 58.4 Å². The van der Waals surface area contributed by atoms with Gasteiger partial charge in [-0.25, -0.2) is 5.43 Å². The van der Waals surface area contributed by atoms with Crippen LogP contribution in [0.15, 0.2) is 30.5 Å². The molecule has 1 aromatic heterocycles. The van der Waals surface area contributed by atoms with Gasteiger partial charge in [-0.3, -0.25) is 29.2 Å². The number of hydrazine groups is 1. The predicted molar refractivity (Wildman–Crippen MR) is 155 cm³/mol. The van der Waals surface area contributed by atoms with E-state index in [-0.39, 0.29) is 17.7 Å². The summed E-state index contributed by atoms with van der Waals surface area (Å²) < 4.78 is 5.82. The molecule has 2 aliphatic heterocycles. The number of carbonyl (C=O) groups excluding carboxylic acids is 4. The minimum atomic E-state index is -0.843. The van der Waals surface area contributed by atoms with E-state index in [2.05, 4.69) is 27.1 Å². The van der Waals surface area contributed by atoms with Gasteiger partial charge < -0.3 is 15.4 Å². The third-order valence-electron chi connectivity index (χ3n) is 7.88. The molecule has 41 heavy (non-hydrogen) atoms. The molecule has 0 radical (unpaired) electrons. The molecule has 222 valence electrons. The second-order valence-corrected chi connectivity index (χ2v) is 11.6. The predicted octanol–water partition coefficient (Wildman–Crippen LogP) is 3.49. The number of rotatable bonds is 1. The molecule has 1 saturated heterocycles. The first-order valence-electron chi connectivity index (χ1n) is 14.9. The van der Waals surface area contributed by atoms with Crippen molar-refractivity contribution in [3.63, 3.8) is 0 Å². The van der Waals surface area contributed by atoms with E-state index >= 15 is 0 Å². The van der Waals surface area contributed by atoms with Crippen molar-refractivity contribution >= 4 is 34.5 Å². The Morgan fingerprint density at radius 2 is 1.68 bits per heavy atom. The molecule has 1 fully saturated rings. The number of esters is 1. The Morgan fingerprint density at radius 1 is 0.927 bits per heavy atom. The lowest BCUT2D eigenvalue weighted by Crippen LogP contribution is -2.61.